The molecule has 0 aliphatic rings. The van der Waals surface area contributed by atoms with Gasteiger partial charge in [-0.2, -0.15) is 0 Å². The van der Waals surface area contributed by atoms with Crippen LogP contribution in [0.25, 0.3) is 0 Å². The molecule has 0 atom stereocenters. The summed E-state index contributed by atoms with van der Waals surface area (Å²) in [7, 11) is 0. The molecule has 0 aliphatic heterocycles. The number of aryl methyl sites for hydroxylation is 2. The zero-order chi connectivity index (χ0) is 12.7. The van der Waals surface area contributed by atoms with Crippen molar-refractivity contribution in [3.63, 3.8) is 0 Å². The van der Waals surface area contributed by atoms with Gasteiger partial charge in [-0.3, -0.25) is 0 Å². The van der Waals surface area contributed by atoms with E-state index >= 15 is 0 Å². The van der Waals surface area contributed by atoms with Gasteiger partial charge in [-0.25, -0.2) is 0 Å². The topological polar surface area (TPSA) is 29.3 Å². The normalized spacial score (nSPS) is 10.6. The number of hydrogen-bond acceptors (Lipinski definition) is 2. The fourth-order valence-corrected chi connectivity index (χ4v) is 2.23. The van der Waals surface area contributed by atoms with Crippen LogP contribution >= 0.6 is 11.6 Å². The second kappa shape index (κ2) is 7.57. The van der Waals surface area contributed by atoms with Crippen molar-refractivity contribution in [1.29, 1.82) is 0 Å². The lowest BCUT2D eigenvalue weighted by molar-refractivity contribution is 0.825. The van der Waals surface area contributed by atoms with Gasteiger partial charge in [0.15, 0.2) is 0 Å². The summed E-state index contributed by atoms with van der Waals surface area (Å²) in [6.45, 7) is 6.98. The van der Waals surface area contributed by atoms with Gasteiger partial charge in [-0.1, -0.05) is 6.07 Å². The summed E-state index contributed by atoms with van der Waals surface area (Å²) in [6.07, 6.45) is 2.13. The monoisotopic (exact) mass is 254 g/mol. The van der Waals surface area contributed by atoms with Crippen molar-refractivity contribution < 1.29 is 0 Å². The molecule has 0 aliphatic carbocycles. The van der Waals surface area contributed by atoms with E-state index in [0.29, 0.717) is 5.88 Å². The van der Waals surface area contributed by atoms with Crippen LogP contribution in [0.5, 0.6) is 0 Å². The predicted octanol–water partition coefficient (Wildman–Crippen LogP) is 2.95. The first-order valence-corrected chi connectivity index (χ1v) is 6.86. The van der Waals surface area contributed by atoms with Gasteiger partial charge in [0, 0.05) is 24.7 Å². The number of alkyl halides is 1. The van der Waals surface area contributed by atoms with Crippen LogP contribution in [0.3, 0.4) is 0 Å². The highest BCUT2D eigenvalue weighted by atomic mass is 35.5. The Labute approximate surface area is 110 Å². The van der Waals surface area contributed by atoms with Gasteiger partial charge in [-0.05, 0) is 56.5 Å². The van der Waals surface area contributed by atoms with E-state index in [2.05, 4.69) is 36.9 Å². The van der Waals surface area contributed by atoms with Crippen LogP contribution in [0.2, 0.25) is 0 Å². The number of benzene rings is 1. The first-order valence-electron chi connectivity index (χ1n) is 6.33. The van der Waals surface area contributed by atoms with Crippen molar-refractivity contribution in [3.05, 3.63) is 29.3 Å². The van der Waals surface area contributed by atoms with Crippen molar-refractivity contribution in [1.82, 2.24) is 0 Å². The Morgan fingerprint density at radius 1 is 1.35 bits per heavy atom. The average molecular weight is 255 g/mol. The quantitative estimate of drug-likeness (QED) is 0.758. The van der Waals surface area contributed by atoms with Crippen LogP contribution in [-0.4, -0.2) is 25.5 Å². The van der Waals surface area contributed by atoms with Crippen LogP contribution in [0, 0.1) is 6.92 Å². The van der Waals surface area contributed by atoms with Crippen LogP contribution < -0.4 is 10.6 Å². The van der Waals surface area contributed by atoms with Crippen molar-refractivity contribution in [2.24, 2.45) is 5.73 Å². The van der Waals surface area contributed by atoms with Gasteiger partial charge < -0.3 is 10.6 Å². The molecule has 0 amide bonds. The minimum atomic E-state index is 0.668. The van der Waals surface area contributed by atoms with E-state index in [1.165, 1.54) is 16.8 Å². The van der Waals surface area contributed by atoms with E-state index in [-0.39, 0.29) is 0 Å². The minimum Gasteiger partial charge on any atom is -0.371 e. The number of nitrogens with two attached hydrogens (primary N) is 1. The van der Waals surface area contributed by atoms with Crippen molar-refractivity contribution >= 4 is 17.3 Å². The fourth-order valence-electron chi connectivity index (χ4n) is 2.02. The van der Waals surface area contributed by atoms with Gasteiger partial charge in [0.25, 0.3) is 0 Å². The van der Waals surface area contributed by atoms with E-state index in [0.717, 1.165) is 32.5 Å². The minimum absolute atomic E-state index is 0.668. The smallest absolute Gasteiger partial charge is 0.0399 e. The fraction of sp³-hybridized carbons (Fsp3) is 0.571. The zero-order valence-electron chi connectivity index (χ0n) is 10.9. The van der Waals surface area contributed by atoms with Crippen molar-refractivity contribution in [2.75, 3.05) is 30.4 Å². The highest BCUT2D eigenvalue weighted by Crippen LogP contribution is 2.20. The van der Waals surface area contributed by atoms with Crippen LogP contribution in [-0.2, 0) is 6.42 Å². The first-order chi connectivity index (χ1) is 8.22. The predicted molar refractivity (Wildman–Crippen MR) is 77.2 cm³/mol. The van der Waals surface area contributed by atoms with Crippen LogP contribution in [0.1, 0.15) is 24.5 Å². The molecule has 0 saturated heterocycles. The Balaban J connectivity index is 2.79. The van der Waals surface area contributed by atoms with Gasteiger partial charge in [-0.15, -0.1) is 11.6 Å². The maximum Gasteiger partial charge on any atom is 0.0399 e. The van der Waals surface area contributed by atoms with Gasteiger partial charge in [0.2, 0.25) is 0 Å². The highest BCUT2D eigenvalue weighted by Gasteiger charge is 2.05. The summed E-state index contributed by atoms with van der Waals surface area (Å²) in [5.74, 6) is 0.668. The lowest BCUT2D eigenvalue weighted by Gasteiger charge is -2.23. The summed E-state index contributed by atoms with van der Waals surface area (Å²) < 4.78 is 0. The molecular formula is C14H23ClN2. The van der Waals surface area contributed by atoms with Gasteiger partial charge >= 0.3 is 0 Å². The Morgan fingerprint density at radius 2 is 2.12 bits per heavy atom. The summed E-state index contributed by atoms with van der Waals surface area (Å²) >= 11 is 5.81. The second-order valence-corrected chi connectivity index (χ2v) is 4.65. The van der Waals surface area contributed by atoms with E-state index < -0.39 is 0 Å². The number of hydrogen-bond donors (Lipinski definition) is 1. The first kappa shape index (κ1) is 14.3. The second-order valence-electron chi connectivity index (χ2n) is 4.27. The molecule has 17 heavy (non-hydrogen) atoms. The van der Waals surface area contributed by atoms with Crippen LogP contribution in [0.15, 0.2) is 18.2 Å². The third-order valence-corrected chi connectivity index (χ3v) is 3.25. The van der Waals surface area contributed by atoms with Crippen molar-refractivity contribution in [2.45, 2.75) is 26.7 Å². The lowest BCUT2D eigenvalue weighted by atomic mass is 10.0. The standard InChI is InChI=1S/C14H23ClN2/c1-3-17(10-8-15)14-7-6-13(5-4-9-16)12(2)11-14/h6-7,11H,3-5,8-10,16H2,1-2H3. The molecule has 0 radical (unpaired) electrons. The van der Waals surface area contributed by atoms with Gasteiger partial charge in [0.1, 0.15) is 0 Å². The Kier molecular flexibility index (Phi) is 6.38. The third-order valence-electron chi connectivity index (χ3n) is 3.08. The molecular weight excluding hydrogens is 232 g/mol. The summed E-state index contributed by atoms with van der Waals surface area (Å²) in [6, 6.07) is 6.66. The highest BCUT2D eigenvalue weighted by molar-refractivity contribution is 6.18. The largest absolute Gasteiger partial charge is 0.371 e. The molecule has 2 N–H and O–H groups in total. The Bertz CT molecular complexity index is 339. The molecule has 96 valence electrons. The lowest BCUT2D eigenvalue weighted by Crippen LogP contribution is -2.24. The molecule has 0 spiro atoms. The molecule has 1 aromatic carbocycles. The molecule has 2 nitrogen and oxygen atoms in total. The number of rotatable bonds is 7. The van der Waals surface area contributed by atoms with Crippen molar-refractivity contribution in [3.8, 4) is 0 Å². The van der Waals surface area contributed by atoms with E-state index in [4.69, 9.17) is 17.3 Å². The third kappa shape index (κ3) is 4.21. The van der Waals surface area contributed by atoms with Crippen LogP contribution in [0.4, 0.5) is 5.69 Å². The maximum atomic E-state index is 5.81. The molecule has 3 heteroatoms. The maximum absolute atomic E-state index is 5.81. The Hall–Kier alpha value is -0.730. The summed E-state index contributed by atoms with van der Waals surface area (Å²) in [4.78, 5) is 2.30. The Morgan fingerprint density at radius 3 is 2.65 bits per heavy atom. The molecule has 0 fully saturated rings. The molecule has 0 heterocycles. The molecule has 1 rings (SSSR count). The number of halogens is 1. The van der Waals surface area contributed by atoms with E-state index in [1.54, 1.807) is 0 Å². The molecule has 0 saturated carbocycles. The molecule has 0 unspecified atom stereocenters. The molecule has 1 aromatic rings. The number of nitrogens with zero attached hydrogens (tertiary/aromatic N) is 1. The van der Waals surface area contributed by atoms with E-state index in [1.807, 2.05) is 0 Å². The average Bonchev–Trinajstić information content (AvgIpc) is 2.34. The van der Waals surface area contributed by atoms with Gasteiger partial charge in [0.05, 0.1) is 0 Å². The van der Waals surface area contributed by atoms with E-state index in [9.17, 15) is 0 Å². The molecule has 0 aromatic heterocycles. The summed E-state index contributed by atoms with van der Waals surface area (Å²) in [5, 5.41) is 0. The zero-order valence-corrected chi connectivity index (χ0v) is 11.6. The number of anilines is 1. The molecule has 0 bridgehead atoms. The SMILES string of the molecule is CCN(CCCl)c1ccc(CCCN)c(C)c1. The summed E-state index contributed by atoms with van der Waals surface area (Å²) in [5.41, 5.74) is 9.56.